The summed E-state index contributed by atoms with van der Waals surface area (Å²) in [6.45, 7) is 6.10. The lowest BCUT2D eigenvalue weighted by atomic mass is 9.86. The second-order valence-electron chi connectivity index (χ2n) is 4.90. The second kappa shape index (κ2) is 4.30. The van der Waals surface area contributed by atoms with Gasteiger partial charge in [-0.1, -0.05) is 18.2 Å². The molecule has 1 aromatic heterocycles. The standard InChI is InChI=1S/C15H16N2O/c1-4-17-13-8-6-5-7-11(13)9-12(14(17)18)15(2,3)10-16/h5-9H,4H2,1-3H3. The lowest BCUT2D eigenvalue weighted by Crippen LogP contribution is -2.31. The number of hydrogen-bond donors (Lipinski definition) is 0. The second-order valence-corrected chi connectivity index (χ2v) is 4.90. The maximum Gasteiger partial charge on any atom is 0.255 e. The van der Waals surface area contributed by atoms with Crippen LogP contribution in [0.2, 0.25) is 0 Å². The van der Waals surface area contributed by atoms with Gasteiger partial charge < -0.3 is 4.57 Å². The van der Waals surface area contributed by atoms with E-state index in [0.29, 0.717) is 12.1 Å². The van der Waals surface area contributed by atoms with Crippen molar-refractivity contribution in [2.24, 2.45) is 0 Å². The zero-order valence-electron chi connectivity index (χ0n) is 10.9. The van der Waals surface area contributed by atoms with E-state index in [1.54, 1.807) is 18.4 Å². The highest BCUT2D eigenvalue weighted by molar-refractivity contribution is 5.80. The minimum Gasteiger partial charge on any atom is -0.308 e. The average Bonchev–Trinajstić information content (AvgIpc) is 2.38. The van der Waals surface area contributed by atoms with Crippen molar-refractivity contribution in [3.63, 3.8) is 0 Å². The minimum absolute atomic E-state index is 0.0669. The summed E-state index contributed by atoms with van der Waals surface area (Å²) in [5.41, 5.74) is 0.647. The smallest absolute Gasteiger partial charge is 0.255 e. The van der Waals surface area contributed by atoms with Gasteiger partial charge in [-0.25, -0.2) is 0 Å². The van der Waals surface area contributed by atoms with Crippen molar-refractivity contribution in [2.75, 3.05) is 0 Å². The Kier molecular flexibility index (Phi) is 2.96. The van der Waals surface area contributed by atoms with Crippen molar-refractivity contribution >= 4 is 10.9 Å². The number of fused-ring (bicyclic) bond motifs is 1. The number of benzene rings is 1. The van der Waals surface area contributed by atoms with Gasteiger partial charge in [-0.2, -0.15) is 5.26 Å². The monoisotopic (exact) mass is 240 g/mol. The Morgan fingerprint density at radius 2 is 2.00 bits per heavy atom. The van der Waals surface area contributed by atoms with Crippen molar-refractivity contribution < 1.29 is 0 Å². The Bertz CT molecular complexity index is 690. The summed E-state index contributed by atoms with van der Waals surface area (Å²) < 4.78 is 1.73. The molecule has 92 valence electrons. The number of nitriles is 1. The number of nitrogens with zero attached hydrogens (tertiary/aromatic N) is 2. The van der Waals surface area contributed by atoms with Crippen LogP contribution in [0.3, 0.4) is 0 Å². The molecule has 0 amide bonds. The van der Waals surface area contributed by atoms with Crippen molar-refractivity contribution in [1.29, 1.82) is 5.26 Å². The maximum atomic E-state index is 12.4. The molecule has 18 heavy (non-hydrogen) atoms. The van der Waals surface area contributed by atoms with E-state index >= 15 is 0 Å². The molecule has 0 aliphatic carbocycles. The van der Waals surface area contributed by atoms with Gasteiger partial charge in [0, 0.05) is 12.1 Å². The van der Waals surface area contributed by atoms with Gasteiger partial charge in [-0.05, 0) is 38.3 Å². The minimum atomic E-state index is -0.766. The van der Waals surface area contributed by atoms with Gasteiger partial charge in [-0.3, -0.25) is 4.79 Å². The van der Waals surface area contributed by atoms with Crippen LogP contribution in [-0.2, 0) is 12.0 Å². The summed E-state index contributed by atoms with van der Waals surface area (Å²) in [4.78, 5) is 12.4. The number of aromatic nitrogens is 1. The molecule has 2 aromatic rings. The van der Waals surface area contributed by atoms with Crippen molar-refractivity contribution in [3.8, 4) is 6.07 Å². The third-order valence-electron chi connectivity index (χ3n) is 3.27. The van der Waals surface area contributed by atoms with E-state index in [9.17, 15) is 10.1 Å². The highest BCUT2D eigenvalue weighted by Crippen LogP contribution is 2.22. The van der Waals surface area contributed by atoms with E-state index in [2.05, 4.69) is 6.07 Å². The van der Waals surface area contributed by atoms with E-state index < -0.39 is 5.41 Å². The van der Waals surface area contributed by atoms with E-state index in [1.807, 2.05) is 37.3 Å². The largest absolute Gasteiger partial charge is 0.308 e. The van der Waals surface area contributed by atoms with Gasteiger partial charge in [-0.15, -0.1) is 0 Å². The van der Waals surface area contributed by atoms with E-state index in [1.165, 1.54) is 0 Å². The Morgan fingerprint density at radius 1 is 1.33 bits per heavy atom. The molecule has 0 spiro atoms. The molecule has 0 atom stereocenters. The lowest BCUT2D eigenvalue weighted by molar-refractivity contribution is 0.650. The molecule has 2 rings (SSSR count). The van der Waals surface area contributed by atoms with E-state index in [-0.39, 0.29) is 5.56 Å². The summed E-state index contributed by atoms with van der Waals surface area (Å²) in [5.74, 6) is 0. The van der Waals surface area contributed by atoms with Gasteiger partial charge >= 0.3 is 0 Å². The zero-order chi connectivity index (χ0) is 13.3. The summed E-state index contributed by atoms with van der Waals surface area (Å²) in [6, 6.07) is 11.8. The number of hydrogen-bond acceptors (Lipinski definition) is 2. The lowest BCUT2D eigenvalue weighted by Gasteiger charge is -2.18. The number of pyridine rings is 1. The topological polar surface area (TPSA) is 45.8 Å². The molecule has 0 fully saturated rings. The molecular formula is C15H16N2O. The summed E-state index contributed by atoms with van der Waals surface area (Å²) in [5, 5.41) is 10.2. The van der Waals surface area contributed by atoms with E-state index in [0.717, 1.165) is 10.9 Å². The zero-order valence-corrected chi connectivity index (χ0v) is 10.9. The fraction of sp³-hybridized carbons (Fsp3) is 0.333. The maximum absolute atomic E-state index is 12.4. The first-order valence-electron chi connectivity index (χ1n) is 6.05. The predicted octanol–water partition coefficient (Wildman–Crippen LogP) is 2.82. The molecule has 0 bridgehead atoms. The molecule has 0 aliphatic heterocycles. The third kappa shape index (κ3) is 1.80. The van der Waals surface area contributed by atoms with Crippen molar-refractivity contribution in [1.82, 2.24) is 4.57 Å². The first-order valence-corrected chi connectivity index (χ1v) is 6.05. The fourth-order valence-electron chi connectivity index (χ4n) is 2.15. The van der Waals surface area contributed by atoms with E-state index in [4.69, 9.17) is 0 Å². The normalized spacial score (nSPS) is 11.4. The number of para-hydroxylation sites is 1. The van der Waals surface area contributed by atoms with Gasteiger partial charge in [0.05, 0.1) is 17.0 Å². The van der Waals surface area contributed by atoms with Crippen LogP contribution in [0.5, 0.6) is 0 Å². The molecule has 0 saturated heterocycles. The first kappa shape index (κ1) is 12.4. The van der Waals surface area contributed by atoms with Crippen LogP contribution in [0.15, 0.2) is 35.1 Å². The molecule has 1 heterocycles. The van der Waals surface area contributed by atoms with Crippen molar-refractivity contribution in [2.45, 2.75) is 32.7 Å². The third-order valence-corrected chi connectivity index (χ3v) is 3.27. The van der Waals surface area contributed by atoms with Gasteiger partial charge in [0.25, 0.3) is 5.56 Å². The molecule has 3 heteroatoms. The van der Waals surface area contributed by atoms with Crippen LogP contribution in [-0.4, -0.2) is 4.57 Å². The molecule has 1 aromatic carbocycles. The van der Waals surface area contributed by atoms with Crippen LogP contribution in [0.4, 0.5) is 0 Å². The Labute approximate surface area is 106 Å². The molecule has 0 N–H and O–H groups in total. The molecule has 0 unspecified atom stereocenters. The van der Waals surface area contributed by atoms with Crippen LogP contribution in [0.1, 0.15) is 26.3 Å². The molecule has 0 aliphatic rings. The Hall–Kier alpha value is -2.08. The Balaban J connectivity index is 2.91. The molecular weight excluding hydrogens is 224 g/mol. The van der Waals surface area contributed by atoms with Crippen LogP contribution >= 0.6 is 0 Å². The van der Waals surface area contributed by atoms with Gasteiger partial charge in [0.15, 0.2) is 0 Å². The predicted molar refractivity (Wildman–Crippen MR) is 72.5 cm³/mol. The summed E-state index contributed by atoms with van der Waals surface area (Å²) in [6.07, 6.45) is 0. The quantitative estimate of drug-likeness (QED) is 0.810. The van der Waals surface area contributed by atoms with Crippen LogP contribution in [0.25, 0.3) is 10.9 Å². The molecule has 0 saturated carbocycles. The molecule has 0 radical (unpaired) electrons. The SMILES string of the molecule is CCn1c(=O)c(C(C)(C)C#N)cc2ccccc21. The molecule has 3 nitrogen and oxygen atoms in total. The summed E-state index contributed by atoms with van der Waals surface area (Å²) in [7, 11) is 0. The highest BCUT2D eigenvalue weighted by atomic mass is 16.1. The van der Waals surface area contributed by atoms with Crippen LogP contribution in [0, 0.1) is 11.3 Å². The van der Waals surface area contributed by atoms with Gasteiger partial charge in [0.1, 0.15) is 0 Å². The fourth-order valence-corrected chi connectivity index (χ4v) is 2.15. The number of rotatable bonds is 2. The summed E-state index contributed by atoms with van der Waals surface area (Å²) >= 11 is 0. The van der Waals surface area contributed by atoms with Gasteiger partial charge in [0.2, 0.25) is 0 Å². The van der Waals surface area contributed by atoms with Crippen molar-refractivity contribution in [3.05, 3.63) is 46.2 Å². The first-order chi connectivity index (χ1) is 8.51. The highest BCUT2D eigenvalue weighted by Gasteiger charge is 2.25. The Morgan fingerprint density at radius 3 is 2.61 bits per heavy atom. The average molecular weight is 240 g/mol. The number of aryl methyl sites for hydroxylation is 1. The van der Waals surface area contributed by atoms with Crippen LogP contribution < -0.4 is 5.56 Å².